The van der Waals surface area contributed by atoms with Crippen LogP contribution in [0.2, 0.25) is 0 Å². The molecule has 0 radical (unpaired) electrons. The zero-order chi connectivity index (χ0) is 9.14. The molecule has 0 spiro atoms. The smallest absolute Gasteiger partial charge is 0.129 e. The van der Waals surface area contributed by atoms with Gasteiger partial charge in [0.2, 0.25) is 0 Å². The van der Waals surface area contributed by atoms with Gasteiger partial charge in [0.15, 0.2) is 0 Å². The molecular weight excluding hydrogens is 256 g/mol. The molecule has 1 aromatic carbocycles. The van der Waals surface area contributed by atoms with Crippen molar-refractivity contribution in [2.45, 2.75) is 19.4 Å². The zero-order valence-corrected chi connectivity index (χ0v) is 9.66. The van der Waals surface area contributed by atoms with E-state index < -0.39 is 0 Å². The molecule has 74 valence electrons. The molecule has 0 aliphatic heterocycles. The van der Waals surface area contributed by atoms with Crippen molar-refractivity contribution in [3.05, 3.63) is 34.1 Å². The fraction of sp³-hybridized carbons (Fsp3) is 0.333. The maximum absolute atomic E-state index is 13.2. The predicted molar refractivity (Wildman–Crippen MR) is 58.6 cm³/mol. The van der Waals surface area contributed by atoms with E-state index in [0.29, 0.717) is 5.56 Å². The van der Waals surface area contributed by atoms with E-state index in [-0.39, 0.29) is 24.3 Å². The molecule has 2 N–H and O–H groups in total. The van der Waals surface area contributed by atoms with Crippen molar-refractivity contribution in [2.24, 2.45) is 5.73 Å². The molecule has 1 atom stereocenters. The second kappa shape index (κ2) is 5.58. The summed E-state index contributed by atoms with van der Waals surface area (Å²) >= 11 is 3.19. The Kier molecular flexibility index (Phi) is 5.53. The number of halogens is 3. The van der Waals surface area contributed by atoms with E-state index in [2.05, 4.69) is 15.9 Å². The first-order valence-electron chi connectivity index (χ1n) is 3.85. The van der Waals surface area contributed by atoms with E-state index in [1.807, 2.05) is 6.92 Å². The average molecular weight is 269 g/mol. The summed E-state index contributed by atoms with van der Waals surface area (Å²) in [4.78, 5) is 0. The maximum atomic E-state index is 13.2. The SMILES string of the molecule is CC[C@@H](N)c1ccc(Br)cc1F.Cl. The first-order chi connectivity index (χ1) is 5.65. The molecule has 13 heavy (non-hydrogen) atoms. The van der Waals surface area contributed by atoms with Crippen LogP contribution in [0.25, 0.3) is 0 Å². The summed E-state index contributed by atoms with van der Waals surface area (Å²) in [7, 11) is 0. The normalized spacial score (nSPS) is 12.0. The lowest BCUT2D eigenvalue weighted by Gasteiger charge is -2.09. The molecule has 0 amide bonds. The van der Waals surface area contributed by atoms with Gasteiger partial charge in [0.05, 0.1) is 0 Å². The Bertz CT molecular complexity index is 280. The van der Waals surface area contributed by atoms with Crippen LogP contribution in [0.3, 0.4) is 0 Å². The first kappa shape index (κ1) is 12.9. The fourth-order valence-corrected chi connectivity index (χ4v) is 1.36. The van der Waals surface area contributed by atoms with Crippen LogP contribution in [0.1, 0.15) is 24.9 Å². The molecule has 1 nitrogen and oxygen atoms in total. The van der Waals surface area contributed by atoms with Gasteiger partial charge in [0.25, 0.3) is 0 Å². The lowest BCUT2D eigenvalue weighted by Crippen LogP contribution is -2.10. The van der Waals surface area contributed by atoms with E-state index in [4.69, 9.17) is 5.73 Å². The third-order valence-electron chi connectivity index (χ3n) is 1.80. The van der Waals surface area contributed by atoms with Gasteiger partial charge in [-0.2, -0.15) is 0 Å². The van der Waals surface area contributed by atoms with Crippen LogP contribution >= 0.6 is 28.3 Å². The number of hydrogen-bond donors (Lipinski definition) is 1. The van der Waals surface area contributed by atoms with Crippen LogP contribution in [0.5, 0.6) is 0 Å². The molecule has 0 saturated heterocycles. The standard InChI is InChI=1S/C9H11BrFN.ClH/c1-2-9(12)7-4-3-6(10)5-8(7)11;/h3-5,9H,2,12H2,1H3;1H/t9-;/m1./s1. The quantitative estimate of drug-likeness (QED) is 0.874. The summed E-state index contributed by atoms with van der Waals surface area (Å²) in [6.45, 7) is 1.94. The lowest BCUT2D eigenvalue weighted by atomic mass is 10.1. The lowest BCUT2D eigenvalue weighted by molar-refractivity contribution is 0.574. The monoisotopic (exact) mass is 267 g/mol. The van der Waals surface area contributed by atoms with Crippen molar-refractivity contribution >= 4 is 28.3 Å². The maximum Gasteiger partial charge on any atom is 0.129 e. The largest absolute Gasteiger partial charge is 0.324 e. The van der Waals surface area contributed by atoms with Gasteiger partial charge in [-0.1, -0.05) is 28.9 Å². The van der Waals surface area contributed by atoms with Crippen LogP contribution in [0, 0.1) is 5.82 Å². The molecule has 0 aliphatic carbocycles. The highest BCUT2D eigenvalue weighted by molar-refractivity contribution is 9.10. The number of hydrogen-bond acceptors (Lipinski definition) is 1. The third-order valence-corrected chi connectivity index (χ3v) is 2.30. The van der Waals surface area contributed by atoms with Crippen molar-refractivity contribution in [1.29, 1.82) is 0 Å². The highest BCUT2D eigenvalue weighted by Gasteiger charge is 2.08. The van der Waals surface area contributed by atoms with Gasteiger partial charge < -0.3 is 5.73 Å². The molecular formula is C9H12BrClFN. The molecule has 0 fully saturated rings. The molecule has 4 heteroatoms. The number of benzene rings is 1. The van der Waals surface area contributed by atoms with E-state index in [9.17, 15) is 4.39 Å². The van der Waals surface area contributed by atoms with E-state index in [1.54, 1.807) is 12.1 Å². The van der Waals surface area contributed by atoms with Gasteiger partial charge in [-0.25, -0.2) is 4.39 Å². The van der Waals surface area contributed by atoms with Crippen LogP contribution in [0.4, 0.5) is 4.39 Å². The molecule has 0 aliphatic rings. The van der Waals surface area contributed by atoms with E-state index >= 15 is 0 Å². The van der Waals surface area contributed by atoms with Gasteiger partial charge in [-0.3, -0.25) is 0 Å². The molecule has 0 heterocycles. The Balaban J connectivity index is 0.00000144. The third kappa shape index (κ3) is 3.25. The minimum absolute atomic E-state index is 0. The molecule has 0 bridgehead atoms. The van der Waals surface area contributed by atoms with Gasteiger partial charge in [0, 0.05) is 16.1 Å². The van der Waals surface area contributed by atoms with Crippen LogP contribution in [0.15, 0.2) is 22.7 Å². The van der Waals surface area contributed by atoms with E-state index in [0.717, 1.165) is 10.9 Å². The van der Waals surface area contributed by atoms with Crippen molar-refractivity contribution in [3.63, 3.8) is 0 Å². The number of nitrogens with two attached hydrogens (primary N) is 1. The highest BCUT2D eigenvalue weighted by Crippen LogP contribution is 2.21. The Hall–Kier alpha value is -0.120. The number of rotatable bonds is 2. The first-order valence-corrected chi connectivity index (χ1v) is 4.65. The van der Waals surface area contributed by atoms with Crippen LogP contribution in [-0.4, -0.2) is 0 Å². The Morgan fingerprint density at radius 3 is 2.62 bits per heavy atom. The highest BCUT2D eigenvalue weighted by atomic mass is 79.9. The summed E-state index contributed by atoms with van der Waals surface area (Å²) in [6, 6.07) is 4.75. The zero-order valence-electron chi connectivity index (χ0n) is 7.26. The second-order valence-electron chi connectivity index (χ2n) is 2.68. The molecule has 0 aromatic heterocycles. The van der Waals surface area contributed by atoms with Gasteiger partial charge in [-0.15, -0.1) is 12.4 Å². The molecule has 0 unspecified atom stereocenters. The summed E-state index contributed by atoms with van der Waals surface area (Å²) in [5, 5.41) is 0. The Morgan fingerprint density at radius 2 is 2.15 bits per heavy atom. The average Bonchev–Trinajstić information content (AvgIpc) is 2.03. The van der Waals surface area contributed by atoms with Gasteiger partial charge >= 0.3 is 0 Å². The minimum atomic E-state index is -0.237. The Morgan fingerprint density at radius 1 is 1.54 bits per heavy atom. The summed E-state index contributed by atoms with van der Waals surface area (Å²) in [6.07, 6.45) is 0.749. The van der Waals surface area contributed by atoms with Crippen molar-refractivity contribution < 1.29 is 4.39 Å². The van der Waals surface area contributed by atoms with Crippen molar-refractivity contribution in [2.75, 3.05) is 0 Å². The second-order valence-corrected chi connectivity index (χ2v) is 3.60. The Labute approximate surface area is 92.1 Å². The molecule has 1 aromatic rings. The van der Waals surface area contributed by atoms with Crippen LogP contribution in [-0.2, 0) is 0 Å². The van der Waals surface area contributed by atoms with Gasteiger partial charge in [-0.05, 0) is 18.6 Å². The van der Waals surface area contributed by atoms with Crippen molar-refractivity contribution in [3.8, 4) is 0 Å². The van der Waals surface area contributed by atoms with Gasteiger partial charge in [0.1, 0.15) is 5.82 Å². The fourth-order valence-electron chi connectivity index (χ4n) is 1.02. The predicted octanol–water partition coefficient (Wildman–Crippen LogP) is 3.42. The molecule has 1 rings (SSSR count). The van der Waals surface area contributed by atoms with Crippen molar-refractivity contribution in [1.82, 2.24) is 0 Å². The summed E-state index contributed by atoms with van der Waals surface area (Å²) in [5.74, 6) is -0.237. The van der Waals surface area contributed by atoms with E-state index in [1.165, 1.54) is 6.07 Å². The minimum Gasteiger partial charge on any atom is -0.324 e. The topological polar surface area (TPSA) is 26.0 Å². The molecule has 0 saturated carbocycles. The summed E-state index contributed by atoms with van der Waals surface area (Å²) < 4.78 is 13.9. The summed E-state index contributed by atoms with van der Waals surface area (Å²) in [5.41, 5.74) is 6.27. The van der Waals surface area contributed by atoms with Crippen LogP contribution < -0.4 is 5.73 Å².